The van der Waals surface area contributed by atoms with E-state index in [1.165, 1.54) is 0 Å². The third-order valence-corrected chi connectivity index (χ3v) is 6.03. The minimum Gasteiger partial charge on any atom is -0.489 e. The largest absolute Gasteiger partial charge is 0.489 e. The fraction of sp³-hybridized carbons (Fsp3) is 0.167. The molecule has 0 unspecified atom stereocenters. The molecule has 0 fully saturated rings. The highest BCUT2D eigenvalue weighted by atomic mass is 32.2. The summed E-state index contributed by atoms with van der Waals surface area (Å²) in [5, 5.41) is 0. The molecule has 0 saturated carbocycles. The van der Waals surface area contributed by atoms with E-state index in [0.717, 1.165) is 22.3 Å². The van der Waals surface area contributed by atoms with Crippen molar-refractivity contribution >= 4 is 21.5 Å². The summed E-state index contributed by atoms with van der Waals surface area (Å²) in [6, 6.07) is 25.2. The first-order valence-electron chi connectivity index (χ1n) is 9.50. The topological polar surface area (TPSA) is 52.6 Å². The molecule has 3 aromatic carbocycles. The molecule has 0 atom stereocenters. The summed E-state index contributed by atoms with van der Waals surface area (Å²) in [6.45, 7) is 2.45. The van der Waals surface area contributed by atoms with E-state index < -0.39 is 10.1 Å². The van der Waals surface area contributed by atoms with Gasteiger partial charge in [-0.25, -0.2) is 0 Å². The van der Waals surface area contributed by atoms with E-state index in [2.05, 4.69) is 0 Å². The van der Waals surface area contributed by atoms with Gasteiger partial charge in [0.05, 0.1) is 5.75 Å². The average Bonchev–Trinajstić information content (AvgIpc) is 2.73. The smallest absolute Gasteiger partial charge is 0.309 e. The Hall–Kier alpha value is -3.05. The van der Waals surface area contributed by atoms with Crippen LogP contribution in [0.5, 0.6) is 5.75 Å². The number of hydrogen-bond acceptors (Lipinski definition) is 4. The first kappa shape index (κ1) is 19.3. The molecule has 3 aromatic rings. The van der Waals surface area contributed by atoms with Crippen LogP contribution in [0.2, 0.25) is 0 Å². The average molecular weight is 407 g/mol. The van der Waals surface area contributed by atoms with Gasteiger partial charge in [-0.05, 0) is 42.2 Å². The normalized spacial score (nSPS) is 15.6. The summed E-state index contributed by atoms with van der Waals surface area (Å²) in [5.74, 6) is 1.02. The molecule has 0 amide bonds. The van der Waals surface area contributed by atoms with Crippen molar-refractivity contribution in [1.29, 1.82) is 0 Å². The maximum Gasteiger partial charge on any atom is 0.309 e. The van der Waals surface area contributed by atoms with Crippen LogP contribution < -0.4 is 4.74 Å². The number of ether oxygens (including phenoxy) is 1. The second-order valence-corrected chi connectivity index (χ2v) is 8.71. The molecule has 4 nitrogen and oxygen atoms in total. The summed E-state index contributed by atoms with van der Waals surface area (Å²) >= 11 is 0. The predicted molar refractivity (Wildman–Crippen MR) is 115 cm³/mol. The Balaban J connectivity index is 1.71. The number of rotatable bonds is 5. The van der Waals surface area contributed by atoms with Crippen LogP contribution in [0.4, 0.5) is 0 Å². The maximum absolute atomic E-state index is 12.2. The van der Waals surface area contributed by atoms with E-state index in [0.29, 0.717) is 30.1 Å². The van der Waals surface area contributed by atoms with E-state index in [-0.39, 0.29) is 5.75 Å². The molecule has 29 heavy (non-hydrogen) atoms. The Bertz CT molecular complexity index is 1150. The highest BCUT2D eigenvalue weighted by Gasteiger charge is 2.27. The van der Waals surface area contributed by atoms with Crippen molar-refractivity contribution in [3.8, 4) is 5.75 Å². The quantitative estimate of drug-likeness (QED) is 0.547. The van der Waals surface area contributed by atoms with Crippen LogP contribution in [0.25, 0.3) is 11.3 Å². The van der Waals surface area contributed by atoms with Crippen molar-refractivity contribution in [2.75, 3.05) is 5.75 Å². The molecule has 1 aliphatic rings. The third kappa shape index (κ3) is 4.51. The molecular formula is C24H22O4S. The Morgan fingerprint density at radius 2 is 1.69 bits per heavy atom. The van der Waals surface area contributed by atoms with Crippen molar-refractivity contribution in [1.82, 2.24) is 0 Å². The van der Waals surface area contributed by atoms with Gasteiger partial charge >= 0.3 is 10.1 Å². The second-order valence-electron chi connectivity index (χ2n) is 7.02. The number of hydrogen-bond donors (Lipinski definition) is 0. The number of aryl methyl sites for hydroxylation is 1. The highest BCUT2D eigenvalue weighted by molar-refractivity contribution is 7.87. The van der Waals surface area contributed by atoms with Gasteiger partial charge < -0.3 is 8.92 Å². The maximum atomic E-state index is 12.2. The lowest BCUT2D eigenvalue weighted by molar-refractivity contribution is 0.306. The van der Waals surface area contributed by atoms with Gasteiger partial charge in [-0.1, -0.05) is 66.7 Å². The van der Waals surface area contributed by atoms with Gasteiger partial charge in [0, 0.05) is 11.1 Å². The van der Waals surface area contributed by atoms with E-state index in [9.17, 15) is 8.42 Å². The highest BCUT2D eigenvalue weighted by Crippen LogP contribution is 2.37. The molecule has 0 spiro atoms. The Kier molecular flexibility index (Phi) is 5.41. The van der Waals surface area contributed by atoms with Gasteiger partial charge in [0.25, 0.3) is 0 Å². The number of benzene rings is 3. The first-order chi connectivity index (χ1) is 14.0. The van der Waals surface area contributed by atoms with Gasteiger partial charge in [0.15, 0.2) is 5.76 Å². The molecule has 0 N–H and O–H groups in total. The van der Waals surface area contributed by atoms with Gasteiger partial charge in [-0.3, -0.25) is 0 Å². The summed E-state index contributed by atoms with van der Waals surface area (Å²) < 4.78 is 35.8. The molecule has 0 aromatic heterocycles. The van der Waals surface area contributed by atoms with Gasteiger partial charge in [0.2, 0.25) is 0 Å². The summed E-state index contributed by atoms with van der Waals surface area (Å²) in [5.41, 5.74) is 4.75. The summed E-state index contributed by atoms with van der Waals surface area (Å²) in [6.07, 6.45) is 0.414. The predicted octanol–water partition coefficient (Wildman–Crippen LogP) is 5.19. The number of allylic oxidation sites excluding steroid dienone is 1. The van der Waals surface area contributed by atoms with Crippen LogP contribution in [0, 0.1) is 6.92 Å². The minimum absolute atomic E-state index is 0.0234. The molecule has 148 valence electrons. The Morgan fingerprint density at radius 3 is 2.48 bits per heavy atom. The molecule has 1 heterocycles. The standard InChI is InChI=1S/C24H22O4S/c1-18-8-5-6-13-22(18)23-14-15-29(25,26)28-24(23)20-11-7-12-21(16-20)27-17-19-9-3-2-4-10-19/h2-13,16H,14-15,17H2,1H3. The van der Waals surface area contributed by atoms with E-state index in [1.54, 1.807) is 0 Å². The zero-order chi connectivity index (χ0) is 20.3. The van der Waals surface area contributed by atoms with Crippen molar-refractivity contribution in [2.24, 2.45) is 0 Å². The molecule has 0 aliphatic carbocycles. The van der Waals surface area contributed by atoms with Gasteiger partial charge in [-0.15, -0.1) is 0 Å². The lowest BCUT2D eigenvalue weighted by Gasteiger charge is -2.23. The Morgan fingerprint density at radius 1 is 0.931 bits per heavy atom. The first-order valence-corrected chi connectivity index (χ1v) is 11.1. The van der Waals surface area contributed by atoms with Gasteiger partial charge in [0.1, 0.15) is 12.4 Å². The summed E-state index contributed by atoms with van der Waals surface area (Å²) in [7, 11) is -3.60. The van der Waals surface area contributed by atoms with Crippen LogP contribution in [0.15, 0.2) is 78.9 Å². The lowest BCUT2D eigenvalue weighted by atomic mass is 9.95. The molecule has 0 radical (unpaired) electrons. The van der Waals surface area contributed by atoms with Crippen LogP contribution in [-0.2, 0) is 20.9 Å². The van der Waals surface area contributed by atoms with Crippen molar-refractivity contribution in [3.05, 3.63) is 101 Å². The third-order valence-electron chi connectivity index (χ3n) is 4.90. The van der Waals surface area contributed by atoms with Crippen LogP contribution in [0.1, 0.15) is 28.7 Å². The molecule has 0 bridgehead atoms. The lowest BCUT2D eigenvalue weighted by Crippen LogP contribution is -2.17. The van der Waals surface area contributed by atoms with Crippen LogP contribution in [0.3, 0.4) is 0 Å². The van der Waals surface area contributed by atoms with Crippen molar-refractivity contribution in [2.45, 2.75) is 20.0 Å². The molecular weight excluding hydrogens is 384 g/mol. The van der Waals surface area contributed by atoms with Crippen molar-refractivity contribution in [3.63, 3.8) is 0 Å². The zero-order valence-corrected chi connectivity index (χ0v) is 17.0. The van der Waals surface area contributed by atoms with E-state index in [4.69, 9.17) is 8.92 Å². The van der Waals surface area contributed by atoms with Crippen molar-refractivity contribution < 1.29 is 17.3 Å². The van der Waals surface area contributed by atoms with Crippen LogP contribution in [-0.4, -0.2) is 14.2 Å². The molecule has 4 rings (SSSR count). The van der Waals surface area contributed by atoms with Crippen LogP contribution >= 0.6 is 0 Å². The van der Waals surface area contributed by atoms with E-state index >= 15 is 0 Å². The SMILES string of the molecule is Cc1ccccc1C1=C(c2cccc(OCc3ccccc3)c2)OS(=O)(=O)CC1. The van der Waals surface area contributed by atoms with Gasteiger partial charge in [-0.2, -0.15) is 8.42 Å². The monoisotopic (exact) mass is 406 g/mol. The molecule has 1 aliphatic heterocycles. The van der Waals surface area contributed by atoms with E-state index in [1.807, 2.05) is 85.8 Å². The second kappa shape index (κ2) is 8.13. The fourth-order valence-corrected chi connectivity index (χ4v) is 4.41. The Labute approximate surface area is 171 Å². The fourth-order valence-electron chi connectivity index (χ4n) is 3.42. The molecule has 0 saturated heterocycles. The summed E-state index contributed by atoms with van der Waals surface area (Å²) in [4.78, 5) is 0. The zero-order valence-electron chi connectivity index (χ0n) is 16.2. The molecule has 5 heteroatoms. The minimum atomic E-state index is -3.60.